The van der Waals surface area contributed by atoms with Crippen LogP contribution < -0.4 is 0 Å². The molecule has 0 radical (unpaired) electrons. The SMILES string of the molecule is COC.[Fe].[cH-]1[cH-][cH-][cH-][cH-]1.c1cc[c-](CN2CCCC2)c1. The molecule has 2 nitrogen and oxygen atoms in total. The fraction of sp³-hybridized carbons (Fsp3) is 0.412. The maximum atomic E-state index is 4.25. The van der Waals surface area contributed by atoms with Gasteiger partial charge < -0.3 is 40.0 Å². The summed E-state index contributed by atoms with van der Waals surface area (Å²) in [4.78, 5) is 2.52. The summed E-state index contributed by atoms with van der Waals surface area (Å²) in [6.07, 6.45) is 2.78. The van der Waals surface area contributed by atoms with Gasteiger partial charge in [-0.2, -0.15) is 12.1 Å². The fourth-order valence-corrected chi connectivity index (χ4v) is 2.04. The maximum Gasteiger partial charge on any atom is 0.0351 e. The van der Waals surface area contributed by atoms with Crippen LogP contribution in [0.5, 0.6) is 0 Å². The molecule has 1 heterocycles. The summed E-state index contributed by atoms with van der Waals surface area (Å²) >= 11 is 0. The average molecular weight is 315 g/mol. The molecule has 0 aliphatic carbocycles. The smallest absolute Gasteiger partial charge is 0.0351 e. The van der Waals surface area contributed by atoms with Crippen LogP contribution in [-0.4, -0.2) is 32.2 Å². The Morgan fingerprint density at radius 1 is 0.950 bits per heavy atom. The molecule has 2 aromatic rings. The predicted octanol–water partition coefficient (Wildman–Crippen LogP) is 3.67. The Hall–Kier alpha value is -0.861. The summed E-state index contributed by atoms with van der Waals surface area (Å²) in [6, 6.07) is 18.6. The third kappa shape index (κ3) is 9.11. The minimum atomic E-state index is 0. The zero-order valence-electron chi connectivity index (χ0n) is 12.4. The molecule has 0 spiro atoms. The molecular formula is C17H25FeNO-6. The van der Waals surface area contributed by atoms with Crippen LogP contribution in [0.3, 0.4) is 0 Å². The maximum absolute atomic E-state index is 4.25. The number of likely N-dealkylation sites (tertiary alicyclic amines) is 1. The fourth-order valence-electron chi connectivity index (χ4n) is 2.04. The van der Waals surface area contributed by atoms with Crippen molar-refractivity contribution in [2.24, 2.45) is 0 Å². The number of hydrogen-bond donors (Lipinski definition) is 0. The molecule has 0 unspecified atom stereocenters. The van der Waals surface area contributed by atoms with Crippen molar-refractivity contribution in [1.29, 1.82) is 0 Å². The molecule has 3 rings (SSSR count). The summed E-state index contributed by atoms with van der Waals surface area (Å²) in [5.74, 6) is 0. The van der Waals surface area contributed by atoms with Gasteiger partial charge in [-0.05, 0) is 32.5 Å². The zero-order valence-corrected chi connectivity index (χ0v) is 13.5. The quantitative estimate of drug-likeness (QED) is 0.619. The van der Waals surface area contributed by atoms with Gasteiger partial charge in [-0.15, -0.1) is 5.56 Å². The van der Waals surface area contributed by atoms with Crippen molar-refractivity contribution in [1.82, 2.24) is 4.90 Å². The Balaban J connectivity index is 0.000000339. The predicted molar refractivity (Wildman–Crippen MR) is 81.5 cm³/mol. The summed E-state index contributed by atoms with van der Waals surface area (Å²) in [5.41, 5.74) is 1.46. The van der Waals surface area contributed by atoms with E-state index in [9.17, 15) is 0 Å². The number of nitrogens with zero attached hydrogens (tertiary/aromatic N) is 1. The second-order valence-corrected chi connectivity index (χ2v) is 4.65. The van der Waals surface area contributed by atoms with Crippen LogP contribution in [0.1, 0.15) is 18.4 Å². The first kappa shape index (κ1) is 19.1. The molecule has 3 heteroatoms. The molecule has 0 amide bonds. The molecule has 0 bridgehead atoms. The van der Waals surface area contributed by atoms with Gasteiger partial charge >= 0.3 is 0 Å². The number of hydrogen-bond acceptors (Lipinski definition) is 2. The van der Waals surface area contributed by atoms with Crippen molar-refractivity contribution in [3.63, 3.8) is 0 Å². The van der Waals surface area contributed by atoms with E-state index in [1.165, 1.54) is 31.5 Å². The van der Waals surface area contributed by atoms with Crippen molar-refractivity contribution < 1.29 is 21.8 Å². The summed E-state index contributed by atoms with van der Waals surface area (Å²) in [6.45, 7) is 3.75. The third-order valence-corrected chi connectivity index (χ3v) is 2.89. The minimum absolute atomic E-state index is 0. The summed E-state index contributed by atoms with van der Waals surface area (Å²) in [7, 11) is 3.25. The molecule has 1 aliphatic heterocycles. The van der Waals surface area contributed by atoms with Crippen LogP contribution >= 0.6 is 0 Å². The van der Waals surface area contributed by atoms with Crippen molar-refractivity contribution in [2.45, 2.75) is 19.4 Å². The first-order valence-electron chi connectivity index (χ1n) is 6.86. The Kier molecular flexibility index (Phi) is 12.6. The summed E-state index contributed by atoms with van der Waals surface area (Å²) in [5, 5.41) is 0. The molecule has 118 valence electrons. The van der Waals surface area contributed by atoms with Gasteiger partial charge in [-0.3, -0.25) is 0 Å². The Morgan fingerprint density at radius 3 is 1.75 bits per heavy atom. The van der Waals surface area contributed by atoms with E-state index in [-0.39, 0.29) is 17.1 Å². The van der Waals surface area contributed by atoms with Gasteiger partial charge in [0.25, 0.3) is 0 Å². The van der Waals surface area contributed by atoms with Gasteiger partial charge in [0.05, 0.1) is 0 Å². The van der Waals surface area contributed by atoms with Crippen molar-refractivity contribution >= 4 is 0 Å². The van der Waals surface area contributed by atoms with Gasteiger partial charge in [-0.1, -0.05) is 0 Å². The van der Waals surface area contributed by atoms with Gasteiger partial charge in [0.15, 0.2) is 0 Å². The monoisotopic (exact) mass is 315 g/mol. The van der Waals surface area contributed by atoms with Crippen LogP contribution in [0, 0.1) is 0 Å². The average Bonchev–Trinajstić information content (AvgIpc) is 3.17. The van der Waals surface area contributed by atoms with Crippen LogP contribution in [0.15, 0.2) is 54.6 Å². The van der Waals surface area contributed by atoms with E-state index < -0.39 is 0 Å². The molecule has 1 saturated heterocycles. The molecule has 0 aromatic heterocycles. The van der Waals surface area contributed by atoms with Gasteiger partial charge in [0.1, 0.15) is 0 Å². The van der Waals surface area contributed by atoms with Gasteiger partial charge in [-0.25, -0.2) is 12.1 Å². The van der Waals surface area contributed by atoms with Crippen LogP contribution in [0.2, 0.25) is 0 Å². The van der Waals surface area contributed by atoms with Gasteiger partial charge in [0, 0.05) is 31.3 Å². The van der Waals surface area contributed by atoms with Crippen molar-refractivity contribution in [2.75, 3.05) is 27.3 Å². The van der Waals surface area contributed by atoms with Crippen LogP contribution in [-0.2, 0) is 28.4 Å². The van der Waals surface area contributed by atoms with E-state index in [1.54, 1.807) is 14.2 Å². The molecule has 20 heavy (non-hydrogen) atoms. The third-order valence-electron chi connectivity index (χ3n) is 2.89. The Bertz CT molecular complexity index is 346. The second-order valence-electron chi connectivity index (χ2n) is 4.65. The molecule has 0 atom stereocenters. The van der Waals surface area contributed by atoms with E-state index in [4.69, 9.17) is 0 Å². The molecule has 1 fully saturated rings. The van der Waals surface area contributed by atoms with E-state index in [2.05, 4.69) is 33.9 Å². The van der Waals surface area contributed by atoms with E-state index in [0.717, 1.165) is 6.54 Å². The topological polar surface area (TPSA) is 12.5 Å². The Morgan fingerprint density at radius 2 is 1.35 bits per heavy atom. The van der Waals surface area contributed by atoms with Gasteiger partial charge in [0.2, 0.25) is 0 Å². The standard InChI is InChI=1S/C10H14N.C5H5.C2H6O.Fe/c1-2-6-10(5-1)9-11-7-3-4-8-11;1-2-4-5-3-1;1-3-2;/h1-2,5-6H,3-4,7-9H2;1-5H;1-2H3;/q-1;-5;;. The molecule has 0 N–H and O–H groups in total. The Labute approximate surface area is 133 Å². The number of ether oxygens (including phenoxy) is 1. The minimum Gasteiger partial charge on any atom is -0.748 e. The largest absolute Gasteiger partial charge is 0.748 e. The zero-order chi connectivity index (χ0) is 13.8. The molecular weight excluding hydrogens is 290 g/mol. The van der Waals surface area contributed by atoms with Crippen LogP contribution in [0.4, 0.5) is 0 Å². The van der Waals surface area contributed by atoms with E-state index in [1.807, 2.05) is 30.3 Å². The normalized spacial score (nSPS) is 13.5. The van der Waals surface area contributed by atoms with Crippen LogP contribution in [0.25, 0.3) is 0 Å². The molecule has 2 aromatic carbocycles. The summed E-state index contributed by atoms with van der Waals surface area (Å²) < 4.78 is 4.25. The number of rotatable bonds is 2. The van der Waals surface area contributed by atoms with E-state index in [0.29, 0.717) is 0 Å². The van der Waals surface area contributed by atoms with Crippen molar-refractivity contribution in [3.8, 4) is 0 Å². The first-order valence-corrected chi connectivity index (χ1v) is 6.86. The molecule has 1 aliphatic rings. The first-order chi connectivity index (χ1) is 9.36. The second kappa shape index (κ2) is 13.1. The number of methoxy groups -OCH3 is 1. The molecule has 0 saturated carbocycles. The van der Waals surface area contributed by atoms with E-state index >= 15 is 0 Å². The van der Waals surface area contributed by atoms with Crippen molar-refractivity contribution in [3.05, 3.63) is 60.2 Å².